The van der Waals surface area contributed by atoms with Crippen molar-refractivity contribution in [3.8, 4) is 0 Å². The number of para-hydroxylation sites is 1. The Bertz CT molecular complexity index is 791. The first-order chi connectivity index (χ1) is 10.2. The van der Waals surface area contributed by atoms with Crippen molar-refractivity contribution < 1.29 is 4.39 Å². The molecular weight excluding hydrogens is 333 g/mol. The van der Waals surface area contributed by atoms with Crippen molar-refractivity contribution in [2.75, 3.05) is 0 Å². The predicted octanol–water partition coefficient (Wildman–Crippen LogP) is 3.69. The van der Waals surface area contributed by atoms with Crippen LogP contribution >= 0.6 is 15.9 Å². The lowest BCUT2D eigenvalue weighted by molar-refractivity contribution is 0.603. The van der Waals surface area contributed by atoms with Gasteiger partial charge in [0.15, 0.2) is 0 Å². The first-order valence-corrected chi connectivity index (χ1v) is 7.24. The number of pyridine rings is 1. The van der Waals surface area contributed by atoms with Gasteiger partial charge in [-0.1, -0.05) is 34.1 Å². The van der Waals surface area contributed by atoms with Crippen molar-refractivity contribution in [2.45, 2.75) is 6.04 Å². The van der Waals surface area contributed by atoms with Crippen LogP contribution in [0.2, 0.25) is 0 Å². The summed E-state index contributed by atoms with van der Waals surface area (Å²) >= 11 is 3.44. The number of nitrogens with zero attached hydrogens (tertiary/aromatic N) is 1. The molecule has 0 saturated heterocycles. The van der Waals surface area contributed by atoms with Crippen LogP contribution in [0.5, 0.6) is 0 Å². The molecule has 5 heteroatoms. The molecule has 21 heavy (non-hydrogen) atoms. The van der Waals surface area contributed by atoms with Gasteiger partial charge < -0.3 is 0 Å². The van der Waals surface area contributed by atoms with E-state index in [1.165, 1.54) is 12.1 Å². The van der Waals surface area contributed by atoms with E-state index in [0.717, 1.165) is 26.5 Å². The van der Waals surface area contributed by atoms with Gasteiger partial charge in [-0.3, -0.25) is 10.8 Å². The van der Waals surface area contributed by atoms with Crippen LogP contribution in [-0.2, 0) is 0 Å². The third kappa shape index (κ3) is 2.81. The lowest BCUT2D eigenvalue weighted by atomic mass is 9.99. The highest BCUT2D eigenvalue weighted by molar-refractivity contribution is 9.10. The van der Waals surface area contributed by atoms with Gasteiger partial charge in [0, 0.05) is 16.1 Å². The molecule has 106 valence electrons. The maximum Gasteiger partial charge on any atom is 0.123 e. The van der Waals surface area contributed by atoms with Crippen LogP contribution in [0.3, 0.4) is 0 Å². The van der Waals surface area contributed by atoms with E-state index in [0.29, 0.717) is 0 Å². The Morgan fingerprint density at radius 2 is 1.95 bits per heavy atom. The predicted molar refractivity (Wildman–Crippen MR) is 85.0 cm³/mol. The molecule has 0 spiro atoms. The Balaban J connectivity index is 2.11. The van der Waals surface area contributed by atoms with Crippen LogP contribution in [0.25, 0.3) is 10.9 Å². The molecule has 0 fully saturated rings. The second-order valence-electron chi connectivity index (χ2n) is 4.73. The number of rotatable bonds is 3. The fraction of sp³-hybridized carbons (Fsp3) is 0.0625. The standard InChI is InChI=1S/C16H13BrFN3/c17-14-6-5-12(18)8-13(14)16(21-19)11-7-10-3-1-2-4-15(10)20-9-11/h1-9,16,21H,19H2. The van der Waals surface area contributed by atoms with Gasteiger partial charge in [-0.25, -0.2) is 9.82 Å². The normalized spacial score (nSPS) is 12.5. The molecule has 0 radical (unpaired) electrons. The zero-order valence-electron chi connectivity index (χ0n) is 11.1. The second kappa shape index (κ2) is 5.89. The fourth-order valence-corrected chi connectivity index (χ4v) is 2.82. The lowest BCUT2D eigenvalue weighted by Gasteiger charge is -2.18. The van der Waals surface area contributed by atoms with Gasteiger partial charge in [0.1, 0.15) is 5.82 Å². The molecule has 0 aliphatic heterocycles. The number of halogens is 2. The molecule has 3 N–H and O–H groups in total. The van der Waals surface area contributed by atoms with E-state index >= 15 is 0 Å². The van der Waals surface area contributed by atoms with Crippen molar-refractivity contribution in [2.24, 2.45) is 5.84 Å². The van der Waals surface area contributed by atoms with Gasteiger partial charge >= 0.3 is 0 Å². The molecule has 2 aromatic carbocycles. The Morgan fingerprint density at radius 1 is 1.14 bits per heavy atom. The summed E-state index contributed by atoms with van der Waals surface area (Å²) in [6.07, 6.45) is 1.75. The number of aromatic nitrogens is 1. The smallest absolute Gasteiger partial charge is 0.123 e. The molecule has 1 unspecified atom stereocenters. The summed E-state index contributed by atoms with van der Waals surface area (Å²) in [4.78, 5) is 4.42. The number of nitrogens with one attached hydrogen (secondary N) is 1. The molecule has 1 aromatic heterocycles. The maximum atomic E-state index is 13.5. The van der Waals surface area contributed by atoms with Gasteiger partial charge in [-0.15, -0.1) is 0 Å². The van der Waals surface area contributed by atoms with E-state index in [1.54, 1.807) is 12.3 Å². The largest absolute Gasteiger partial charge is 0.271 e. The summed E-state index contributed by atoms with van der Waals surface area (Å²) < 4.78 is 14.3. The summed E-state index contributed by atoms with van der Waals surface area (Å²) in [6.45, 7) is 0. The molecule has 3 aromatic rings. The molecule has 3 rings (SSSR count). The summed E-state index contributed by atoms with van der Waals surface area (Å²) in [6, 6.07) is 14.0. The third-order valence-corrected chi connectivity index (χ3v) is 4.10. The van der Waals surface area contributed by atoms with E-state index in [2.05, 4.69) is 26.3 Å². The van der Waals surface area contributed by atoms with Crippen LogP contribution in [0.4, 0.5) is 4.39 Å². The average molecular weight is 346 g/mol. The molecule has 1 atom stereocenters. The van der Waals surface area contributed by atoms with E-state index in [1.807, 2.05) is 30.3 Å². The van der Waals surface area contributed by atoms with E-state index in [4.69, 9.17) is 5.84 Å². The summed E-state index contributed by atoms with van der Waals surface area (Å²) in [5.41, 5.74) is 5.25. The maximum absolute atomic E-state index is 13.5. The first kappa shape index (κ1) is 14.1. The highest BCUT2D eigenvalue weighted by atomic mass is 79.9. The second-order valence-corrected chi connectivity index (χ2v) is 5.58. The minimum Gasteiger partial charge on any atom is -0.271 e. The van der Waals surface area contributed by atoms with Crippen LogP contribution in [0.1, 0.15) is 17.2 Å². The summed E-state index contributed by atoms with van der Waals surface area (Å²) in [7, 11) is 0. The van der Waals surface area contributed by atoms with Crippen molar-refractivity contribution in [3.05, 3.63) is 76.1 Å². The molecule has 0 bridgehead atoms. The minimum absolute atomic E-state index is 0.304. The number of hydrazine groups is 1. The Morgan fingerprint density at radius 3 is 2.76 bits per heavy atom. The van der Waals surface area contributed by atoms with E-state index in [9.17, 15) is 4.39 Å². The minimum atomic E-state index is -0.341. The molecule has 0 saturated carbocycles. The van der Waals surface area contributed by atoms with Crippen molar-refractivity contribution in [1.29, 1.82) is 0 Å². The summed E-state index contributed by atoms with van der Waals surface area (Å²) in [5, 5.41) is 1.02. The highest BCUT2D eigenvalue weighted by Crippen LogP contribution is 2.29. The third-order valence-electron chi connectivity index (χ3n) is 3.38. The average Bonchev–Trinajstić information content (AvgIpc) is 2.51. The van der Waals surface area contributed by atoms with Gasteiger partial charge in [-0.2, -0.15) is 0 Å². The molecular formula is C16H13BrFN3. The van der Waals surface area contributed by atoms with Gasteiger partial charge in [0.2, 0.25) is 0 Å². The van der Waals surface area contributed by atoms with Gasteiger partial charge in [-0.05, 0) is 41.5 Å². The van der Waals surface area contributed by atoms with E-state index < -0.39 is 0 Å². The molecule has 3 nitrogen and oxygen atoms in total. The van der Waals surface area contributed by atoms with Crippen molar-refractivity contribution in [1.82, 2.24) is 10.4 Å². The fourth-order valence-electron chi connectivity index (χ4n) is 2.35. The number of fused-ring (bicyclic) bond motifs is 1. The van der Waals surface area contributed by atoms with Crippen molar-refractivity contribution in [3.63, 3.8) is 0 Å². The molecule has 0 aliphatic carbocycles. The molecule has 0 amide bonds. The molecule has 1 heterocycles. The quantitative estimate of drug-likeness (QED) is 0.562. The van der Waals surface area contributed by atoms with Crippen LogP contribution in [-0.4, -0.2) is 4.98 Å². The molecule has 0 aliphatic rings. The lowest BCUT2D eigenvalue weighted by Crippen LogP contribution is -2.29. The zero-order chi connectivity index (χ0) is 14.8. The first-order valence-electron chi connectivity index (χ1n) is 6.45. The topological polar surface area (TPSA) is 50.9 Å². The Hall–Kier alpha value is -1.82. The number of hydrogen-bond donors (Lipinski definition) is 2. The highest BCUT2D eigenvalue weighted by Gasteiger charge is 2.17. The SMILES string of the molecule is NNC(c1cnc2ccccc2c1)c1cc(F)ccc1Br. The number of nitrogens with two attached hydrogens (primary N) is 1. The summed E-state index contributed by atoms with van der Waals surface area (Å²) in [5.74, 6) is 5.38. The van der Waals surface area contributed by atoms with Crippen LogP contribution < -0.4 is 11.3 Å². The van der Waals surface area contributed by atoms with Crippen molar-refractivity contribution >= 4 is 26.8 Å². The zero-order valence-corrected chi connectivity index (χ0v) is 12.6. The van der Waals surface area contributed by atoms with Gasteiger partial charge in [0.05, 0.1) is 11.6 Å². The van der Waals surface area contributed by atoms with Crippen LogP contribution in [0.15, 0.2) is 59.2 Å². The van der Waals surface area contributed by atoms with Crippen LogP contribution in [0, 0.1) is 5.82 Å². The van der Waals surface area contributed by atoms with Gasteiger partial charge in [0.25, 0.3) is 0 Å². The monoisotopic (exact) mass is 345 g/mol. The van der Waals surface area contributed by atoms with E-state index in [-0.39, 0.29) is 11.9 Å². The number of benzene rings is 2. The number of hydrogen-bond acceptors (Lipinski definition) is 3. The Kier molecular flexibility index (Phi) is 3.96. The Labute approximate surface area is 130 Å².